The molecule has 1 aliphatic carbocycles. The number of halogens is 1. The summed E-state index contributed by atoms with van der Waals surface area (Å²) in [6, 6.07) is 17.3. The number of hydrogen-bond acceptors (Lipinski definition) is 4. The Kier molecular flexibility index (Phi) is 6.25. The highest BCUT2D eigenvalue weighted by molar-refractivity contribution is 6.30. The fraction of sp³-hybridized carbons (Fsp3) is 0.333. The summed E-state index contributed by atoms with van der Waals surface area (Å²) in [7, 11) is 0. The Labute approximate surface area is 194 Å². The lowest BCUT2D eigenvalue weighted by Crippen LogP contribution is -2.38. The maximum atomic E-state index is 13.3. The fourth-order valence-corrected chi connectivity index (χ4v) is 4.81. The van der Waals surface area contributed by atoms with Gasteiger partial charge in [-0.15, -0.1) is 0 Å². The lowest BCUT2D eigenvalue weighted by atomic mass is 9.68. The van der Waals surface area contributed by atoms with Crippen molar-refractivity contribution in [3.63, 3.8) is 0 Å². The number of allylic oxidation sites excluding steroid dienone is 3. The molecule has 1 N–H and O–H groups in total. The van der Waals surface area contributed by atoms with Gasteiger partial charge in [-0.05, 0) is 42.0 Å². The van der Waals surface area contributed by atoms with Crippen LogP contribution in [0.2, 0.25) is 5.02 Å². The van der Waals surface area contributed by atoms with Crippen molar-refractivity contribution in [1.82, 2.24) is 5.32 Å². The number of carbonyl (C=O) groups excluding carboxylic acids is 2. The fourth-order valence-electron chi connectivity index (χ4n) is 4.68. The largest absolute Gasteiger partial charge is 0.462 e. The first kappa shape index (κ1) is 22.3. The minimum atomic E-state index is -0.462. The molecule has 2 aromatic rings. The van der Waals surface area contributed by atoms with Gasteiger partial charge in [0, 0.05) is 40.7 Å². The van der Waals surface area contributed by atoms with E-state index in [-0.39, 0.29) is 17.8 Å². The SMILES string of the molecule is CC1=C(C(=O)OCCc2ccccc2)C(c2ccc(Cl)cc2)C2=C(CC(C)(C)CC2=O)N1. The predicted molar refractivity (Wildman–Crippen MR) is 126 cm³/mol. The van der Waals surface area contributed by atoms with E-state index in [0.29, 0.717) is 29.0 Å². The number of hydrogen-bond donors (Lipinski definition) is 1. The minimum absolute atomic E-state index is 0.0748. The van der Waals surface area contributed by atoms with Crippen molar-refractivity contribution in [3.05, 3.63) is 93.3 Å². The first-order valence-electron chi connectivity index (χ1n) is 11.0. The van der Waals surface area contributed by atoms with Crippen LogP contribution in [0.15, 0.2) is 77.1 Å². The molecule has 1 heterocycles. The van der Waals surface area contributed by atoms with Crippen LogP contribution in [0.4, 0.5) is 0 Å². The number of benzene rings is 2. The molecule has 1 unspecified atom stereocenters. The molecule has 166 valence electrons. The van der Waals surface area contributed by atoms with Crippen molar-refractivity contribution in [3.8, 4) is 0 Å². The van der Waals surface area contributed by atoms with Crippen molar-refractivity contribution < 1.29 is 14.3 Å². The molecule has 32 heavy (non-hydrogen) atoms. The molecule has 0 spiro atoms. The third-order valence-corrected chi connectivity index (χ3v) is 6.38. The van der Waals surface area contributed by atoms with E-state index < -0.39 is 11.9 Å². The summed E-state index contributed by atoms with van der Waals surface area (Å²) in [6.45, 7) is 6.35. The Morgan fingerprint density at radius 3 is 2.47 bits per heavy atom. The highest BCUT2D eigenvalue weighted by atomic mass is 35.5. The van der Waals surface area contributed by atoms with Crippen molar-refractivity contribution >= 4 is 23.4 Å². The van der Waals surface area contributed by atoms with E-state index in [1.807, 2.05) is 49.4 Å². The van der Waals surface area contributed by atoms with E-state index in [1.54, 1.807) is 12.1 Å². The summed E-state index contributed by atoms with van der Waals surface area (Å²) in [5.41, 5.74) is 4.66. The Bertz CT molecular complexity index is 1100. The summed E-state index contributed by atoms with van der Waals surface area (Å²) in [6.07, 6.45) is 1.85. The topological polar surface area (TPSA) is 55.4 Å². The number of rotatable bonds is 5. The zero-order valence-electron chi connectivity index (χ0n) is 18.7. The number of carbonyl (C=O) groups is 2. The van der Waals surface area contributed by atoms with Crippen LogP contribution in [-0.4, -0.2) is 18.4 Å². The van der Waals surface area contributed by atoms with Crippen LogP contribution in [0.5, 0.6) is 0 Å². The summed E-state index contributed by atoms with van der Waals surface area (Å²) in [5, 5.41) is 3.98. The van der Waals surface area contributed by atoms with Gasteiger partial charge in [-0.2, -0.15) is 0 Å². The van der Waals surface area contributed by atoms with Crippen molar-refractivity contribution in [2.45, 2.75) is 46.0 Å². The molecule has 4 rings (SSSR count). The maximum Gasteiger partial charge on any atom is 0.336 e. The normalized spacial score (nSPS) is 20.0. The average Bonchev–Trinajstić information content (AvgIpc) is 2.73. The van der Waals surface area contributed by atoms with Crippen LogP contribution in [0.3, 0.4) is 0 Å². The quantitative estimate of drug-likeness (QED) is 0.592. The van der Waals surface area contributed by atoms with E-state index in [1.165, 1.54) is 0 Å². The number of nitrogens with one attached hydrogen (secondary N) is 1. The summed E-state index contributed by atoms with van der Waals surface area (Å²) < 4.78 is 5.69. The molecule has 0 bridgehead atoms. The van der Waals surface area contributed by atoms with Gasteiger partial charge in [0.2, 0.25) is 0 Å². The molecule has 2 aliphatic rings. The molecule has 2 aromatic carbocycles. The van der Waals surface area contributed by atoms with Crippen LogP contribution in [-0.2, 0) is 20.7 Å². The Balaban J connectivity index is 1.66. The standard InChI is InChI=1S/C27H28ClNO3/c1-17-23(26(31)32-14-13-18-7-5-4-6-8-18)24(19-9-11-20(28)12-10-19)25-21(29-17)15-27(2,3)16-22(25)30/h4-12,24,29H,13-16H2,1-3H3. The molecule has 0 amide bonds. The molecule has 0 radical (unpaired) electrons. The van der Waals surface area contributed by atoms with Crippen LogP contribution in [0, 0.1) is 5.41 Å². The van der Waals surface area contributed by atoms with Gasteiger partial charge in [0.05, 0.1) is 12.2 Å². The first-order valence-corrected chi connectivity index (χ1v) is 11.3. The molecule has 1 aliphatic heterocycles. The van der Waals surface area contributed by atoms with Gasteiger partial charge in [-0.25, -0.2) is 4.79 Å². The van der Waals surface area contributed by atoms with Gasteiger partial charge in [0.1, 0.15) is 0 Å². The van der Waals surface area contributed by atoms with E-state index in [0.717, 1.165) is 28.9 Å². The van der Waals surface area contributed by atoms with E-state index >= 15 is 0 Å². The van der Waals surface area contributed by atoms with E-state index in [9.17, 15) is 9.59 Å². The van der Waals surface area contributed by atoms with Crippen LogP contribution in [0.1, 0.15) is 50.7 Å². The molecular weight excluding hydrogens is 422 g/mol. The first-order chi connectivity index (χ1) is 15.2. The maximum absolute atomic E-state index is 13.3. The Morgan fingerprint density at radius 2 is 1.78 bits per heavy atom. The smallest absolute Gasteiger partial charge is 0.336 e. The van der Waals surface area contributed by atoms with Crippen molar-refractivity contribution in [1.29, 1.82) is 0 Å². The van der Waals surface area contributed by atoms with Crippen LogP contribution < -0.4 is 5.32 Å². The second-order valence-electron chi connectivity index (χ2n) is 9.35. The Morgan fingerprint density at radius 1 is 1.09 bits per heavy atom. The number of ether oxygens (including phenoxy) is 1. The van der Waals surface area contributed by atoms with Crippen molar-refractivity contribution in [2.75, 3.05) is 6.61 Å². The summed E-state index contributed by atoms with van der Waals surface area (Å²) in [5.74, 6) is -0.780. The van der Waals surface area contributed by atoms with Gasteiger partial charge in [0.15, 0.2) is 5.78 Å². The van der Waals surface area contributed by atoms with E-state index in [4.69, 9.17) is 16.3 Å². The average molecular weight is 450 g/mol. The summed E-state index contributed by atoms with van der Waals surface area (Å²) in [4.78, 5) is 26.5. The predicted octanol–water partition coefficient (Wildman–Crippen LogP) is 5.73. The lowest BCUT2D eigenvalue weighted by Gasteiger charge is -2.39. The highest BCUT2D eigenvalue weighted by Crippen LogP contribution is 2.46. The van der Waals surface area contributed by atoms with Gasteiger partial charge < -0.3 is 10.1 Å². The molecule has 0 fully saturated rings. The lowest BCUT2D eigenvalue weighted by molar-refractivity contribution is -0.139. The molecule has 1 atom stereocenters. The number of esters is 1. The second-order valence-corrected chi connectivity index (χ2v) is 9.79. The highest BCUT2D eigenvalue weighted by Gasteiger charge is 2.43. The molecular formula is C27H28ClNO3. The van der Waals surface area contributed by atoms with Gasteiger partial charge in [-0.1, -0.05) is 67.9 Å². The third kappa shape index (κ3) is 4.66. The van der Waals surface area contributed by atoms with Crippen LogP contribution in [0.25, 0.3) is 0 Å². The molecule has 4 nitrogen and oxygen atoms in total. The molecule has 5 heteroatoms. The zero-order valence-corrected chi connectivity index (χ0v) is 19.5. The zero-order chi connectivity index (χ0) is 22.9. The molecule has 0 aromatic heterocycles. The van der Waals surface area contributed by atoms with Crippen LogP contribution >= 0.6 is 11.6 Å². The third-order valence-electron chi connectivity index (χ3n) is 6.13. The minimum Gasteiger partial charge on any atom is -0.462 e. The molecule has 0 saturated heterocycles. The van der Waals surface area contributed by atoms with Crippen molar-refractivity contribution in [2.24, 2.45) is 5.41 Å². The van der Waals surface area contributed by atoms with Gasteiger partial charge in [0.25, 0.3) is 0 Å². The number of Topliss-reactive ketones (excluding diaryl/α,β-unsaturated/α-hetero) is 1. The molecule has 0 saturated carbocycles. The summed E-state index contributed by atoms with van der Waals surface area (Å²) >= 11 is 6.11. The number of dihydropyridines is 1. The number of ketones is 1. The van der Waals surface area contributed by atoms with Gasteiger partial charge in [-0.3, -0.25) is 4.79 Å². The Hall–Kier alpha value is -2.85. The monoisotopic (exact) mass is 449 g/mol. The van der Waals surface area contributed by atoms with Gasteiger partial charge >= 0.3 is 5.97 Å². The van der Waals surface area contributed by atoms with E-state index in [2.05, 4.69) is 19.2 Å². The second kappa shape index (κ2) is 8.95.